The topological polar surface area (TPSA) is 25.8 Å². The summed E-state index contributed by atoms with van der Waals surface area (Å²) in [4.78, 5) is 9.85. The average Bonchev–Trinajstić information content (AvgIpc) is 3.25. The average molecular weight is 407 g/mol. The molecule has 0 aliphatic heterocycles. The quantitative estimate of drug-likeness (QED) is 0.312. The third kappa shape index (κ3) is 3.42. The van der Waals surface area contributed by atoms with Gasteiger partial charge in [-0.3, -0.25) is 0 Å². The van der Waals surface area contributed by atoms with E-state index in [4.69, 9.17) is 9.97 Å². The fraction of sp³-hybridized carbons (Fsp3) is 0.111. The standard InChI is InChI=1S/C27H22N2S/c1-27(2,26-29-24-14-6-7-17-25(24)30-26)21-13-8-12-20(18-21)23-16-9-15-22(28-23)19-10-4-3-5-11-19/h3-18H,1-2H3. The Bertz CT molecular complexity index is 1290. The van der Waals surface area contributed by atoms with E-state index in [1.165, 1.54) is 10.3 Å². The minimum Gasteiger partial charge on any atom is -0.248 e. The molecule has 0 aliphatic carbocycles. The van der Waals surface area contributed by atoms with Gasteiger partial charge in [0.1, 0.15) is 5.01 Å². The molecule has 5 rings (SSSR count). The molecule has 146 valence electrons. The molecular weight excluding hydrogens is 384 g/mol. The van der Waals surface area contributed by atoms with Gasteiger partial charge in [-0.25, -0.2) is 9.97 Å². The number of fused-ring (bicyclic) bond motifs is 1. The number of para-hydroxylation sites is 1. The van der Waals surface area contributed by atoms with Crippen LogP contribution in [0.15, 0.2) is 97.1 Å². The third-order valence-electron chi connectivity index (χ3n) is 5.53. The molecule has 0 aliphatic rings. The maximum absolute atomic E-state index is 4.93. The van der Waals surface area contributed by atoms with Crippen LogP contribution < -0.4 is 0 Å². The van der Waals surface area contributed by atoms with Gasteiger partial charge >= 0.3 is 0 Å². The van der Waals surface area contributed by atoms with Gasteiger partial charge in [0.05, 0.1) is 21.6 Å². The second-order valence-corrected chi connectivity index (χ2v) is 9.00. The Kier molecular flexibility index (Phi) is 4.68. The second kappa shape index (κ2) is 7.51. The Balaban J connectivity index is 1.54. The van der Waals surface area contributed by atoms with E-state index >= 15 is 0 Å². The van der Waals surface area contributed by atoms with Gasteiger partial charge in [0.15, 0.2) is 0 Å². The number of hydrogen-bond acceptors (Lipinski definition) is 3. The number of pyridine rings is 1. The molecule has 0 saturated heterocycles. The molecule has 2 heterocycles. The minimum atomic E-state index is -0.184. The number of hydrogen-bond donors (Lipinski definition) is 0. The van der Waals surface area contributed by atoms with E-state index in [9.17, 15) is 0 Å². The smallest absolute Gasteiger partial charge is 0.104 e. The summed E-state index contributed by atoms with van der Waals surface area (Å²) in [6.07, 6.45) is 0. The van der Waals surface area contributed by atoms with Crippen molar-refractivity contribution in [2.24, 2.45) is 0 Å². The van der Waals surface area contributed by atoms with Crippen molar-refractivity contribution < 1.29 is 0 Å². The minimum absolute atomic E-state index is 0.184. The van der Waals surface area contributed by atoms with Crippen molar-refractivity contribution in [2.45, 2.75) is 19.3 Å². The molecule has 0 unspecified atom stereocenters. The summed E-state index contributed by atoms with van der Waals surface area (Å²) >= 11 is 1.77. The Labute approximate surface area is 180 Å². The zero-order valence-corrected chi connectivity index (χ0v) is 17.9. The molecule has 0 amide bonds. The van der Waals surface area contributed by atoms with Crippen molar-refractivity contribution in [3.8, 4) is 22.5 Å². The lowest BCUT2D eigenvalue weighted by Crippen LogP contribution is -2.18. The number of rotatable bonds is 4. The number of aromatic nitrogens is 2. The van der Waals surface area contributed by atoms with Crippen molar-refractivity contribution in [3.63, 3.8) is 0 Å². The van der Waals surface area contributed by atoms with E-state index < -0.39 is 0 Å². The van der Waals surface area contributed by atoms with E-state index in [1.54, 1.807) is 11.3 Å². The normalized spacial score (nSPS) is 11.7. The Morgan fingerprint density at radius 2 is 1.30 bits per heavy atom. The molecule has 5 aromatic rings. The molecule has 0 atom stereocenters. The van der Waals surface area contributed by atoms with Crippen molar-refractivity contribution in [1.82, 2.24) is 9.97 Å². The van der Waals surface area contributed by atoms with Crippen LogP contribution in [0.3, 0.4) is 0 Å². The van der Waals surface area contributed by atoms with E-state index in [0.717, 1.165) is 33.0 Å². The highest BCUT2D eigenvalue weighted by Gasteiger charge is 2.27. The summed E-state index contributed by atoms with van der Waals surface area (Å²) in [6, 6.07) is 33.6. The predicted octanol–water partition coefficient (Wildman–Crippen LogP) is 7.35. The first-order valence-corrected chi connectivity index (χ1v) is 10.9. The van der Waals surface area contributed by atoms with Crippen LogP contribution in [-0.2, 0) is 5.41 Å². The van der Waals surface area contributed by atoms with Gasteiger partial charge in [-0.2, -0.15) is 0 Å². The molecule has 3 aromatic carbocycles. The van der Waals surface area contributed by atoms with E-state index in [0.29, 0.717) is 0 Å². The van der Waals surface area contributed by atoms with Crippen LogP contribution in [0.25, 0.3) is 32.7 Å². The molecule has 3 heteroatoms. The lowest BCUT2D eigenvalue weighted by molar-refractivity contribution is 0.637. The molecule has 0 radical (unpaired) electrons. The summed E-state index contributed by atoms with van der Waals surface area (Å²) in [5, 5.41) is 1.13. The highest BCUT2D eigenvalue weighted by atomic mass is 32.1. The third-order valence-corrected chi connectivity index (χ3v) is 6.89. The van der Waals surface area contributed by atoms with Gasteiger partial charge in [-0.1, -0.05) is 66.7 Å². The fourth-order valence-electron chi connectivity index (χ4n) is 3.70. The van der Waals surface area contributed by atoms with E-state index in [-0.39, 0.29) is 5.41 Å². The Morgan fingerprint density at radius 1 is 0.633 bits per heavy atom. The summed E-state index contributed by atoms with van der Waals surface area (Å²) in [5.74, 6) is 0. The molecule has 0 bridgehead atoms. The van der Waals surface area contributed by atoms with Gasteiger partial charge in [0, 0.05) is 16.5 Å². The van der Waals surface area contributed by atoms with Crippen LogP contribution in [0.1, 0.15) is 24.4 Å². The highest BCUT2D eigenvalue weighted by Crippen LogP contribution is 2.37. The van der Waals surface area contributed by atoms with E-state index in [1.807, 2.05) is 24.3 Å². The first-order chi connectivity index (χ1) is 14.6. The van der Waals surface area contributed by atoms with Crippen LogP contribution in [0.2, 0.25) is 0 Å². The highest BCUT2D eigenvalue weighted by molar-refractivity contribution is 7.18. The van der Waals surface area contributed by atoms with Crippen LogP contribution in [0.4, 0.5) is 0 Å². The molecule has 30 heavy (non-hydrogen) atoms. The molecule has 2 nitrogen and oxygen atoms in total. The molecule has 0 N–H and O–H groups in total. The zero-order valence-electron chi connectivity index (χ0n) is 17.0. The second-order valence-electron chi connectivity index (χ2n) is 7.97. The first-order valence-electron chi connectivity index (χ1n) is 10.1. The molecular formula is C27H22N2S. The molecule has 0 fully saturated rings. The molecule has 2 aromatic heterocycles. The predicted molar refractivity (Wildman–Crippen MR) is 127 cm³/mol. The summed E-state index contributed by atoms with van der Waals surface area (Å²) in [6.45, 7) is 4.50. The number of thiazole rings is 1. The van der Waals surface area contributed by atoms with Gasteiger partial charge in [-0.05, 0) is 49.7 Å². The molecule has 0 spiro atoms. The lowest BCUT2D eigenvalue weighted by Gasteiger charge is -2.23. The maximum Gasteiger partial charge on any atom is 0.104 e. The zero-order chi connectivity index (χ0) is 20.6. The van der Waals surface area contributed by atoms with Gasteiger partial charge in [0.25, 0.3) is 0 Å². The van der Waals surface area contributed by atoms with Gasteiger partial charge < -0.3 is 0 Å². The number of benzene rings is 3. The lowest BCUT2D eigenvalue weighted by atomic mass is 9.84. The Hall–Kier alpha value is -3.30. The van der Waals surface area contributed by atoms with E-state index in [2.05, 4.69) is 86.6 Å². The van der Waals surface area contributed by atoms with Crippen LogP contribution >= 0.6 is 11.3 Å². The first kappa shape index (κ1) is 18.7. The largest absolute Gasteiger partial charge is 0.248 e. The van der Waals surface area contributed by atoms with Crippen molar-refractivity contribution in [1.29, 1.82) is 0 Å². The monoisotopic (exact) mass is 406 g/mol. The maximum atomic E-state index is 4.93. The summed E-state index contributed by atoms with van der Waals surface area (Å²) < 4.78 is 1.23. The summed E-state index contributed by atoms with van der Waals surface area (Å²) in [5.41, 5.74) is 6.36. The van der Waals surface area contributed by atoms with Crippen molar-refractivity contribution >= 4 is 21.6 Å². The van der Waals surface area contributed by atoms with Crippen LogP contribution in [0, 0.1) is 0 Å². The fourth-order valence-corrected chi connectivity index (χ4v) is 4.79. The van der Waals surface area contributed by atoms with Gasteiger partial charge in [-0.15, -0.1) is 11.3 Å². The van der Waals surface area contributed by atoms with Crippen molar-refractivity contribution in [2.75, 3.05) is 0 Å². The van der Waals surface area contributed by atoms with Gasteiger partial charge in [0.2, 0.25) is 0 Å². The number of nitrogens with zero attached hydrogens (tertiary/aromatic N) is 2. The SMILES string of the molecule is CC(C)(c1cccc(-c2cccc(-c3ccccc3)n2)c1)c1nc2ccccc2s1. The molecule has 0 saturated carbocycles. The van der Waals surface area contributed by atoms with Crippen LogP contribution in [0.5, 0.6) is 0 Å². The summed E-state index contributed by atoms with van der Waals surface area (Å²) in [7, 11) is 0. The van der Waals surface area contributed by atoms with Crippen molar-refractivity contribution in [3.05, 3.63) is 108 Å². The van der Waals surface area contributed by atoms with Crippen LogP contribution in [-0.4, -0.2) is 9.97 Å². The Morgan fingerprint density at radius 3 is 2.10 bits per heavy atom.